The third kappa shape index (κ3) is 2.03. The first kappa shape index (κ1) is 11.0. The summed E-state index contributed by atoms with van der Waals surface area (Å²) in [6.07, 6.45) is 0. The van der Waals surface area contributed by atoms with E-state index in [0.717, 1.165) is 24.5 Å². The Morgan fingerprint density at radius 1 is 1.31 bits per heavy atom. The minimum absolute atomic E-state index is 0.0849. The van der Waals surface area contributed by atoms with Crippen LogP contribution in [0, 0.1) is 0 Å². The average molecular weight is 218 g/mol. The van der Waals surface area contributed by atoms with Crippen molar-refractivity contribution < 1.29 is 5.11 Å². The first-order chi connectivity index (χ1) is 7.48. The molecule has 0 atom stereocenters. The molecule has 0 saturated carbocycles. The fourth-order valence-electron chi connectivity index (χ4n) is 1.77. The molecule has 3 heteroatoms. The molecule has 1 aromatic rings. The summed E-state index contributed by atoms with van der Waals surface area (Å²) in [6, 6.07) is 5.74. The van der Waals surface area contributed by atoms with E-state index in [9.17, 15) is 5.11 Å². The molecule has 1 aliphatic rings. The first-order valence-corrected chi connectivity index (χ1v) is 5.61. The van der Waals surface area contributed by atoms with Crippen molar-refractivity contribution in [1.82, 2.24) is 5.32 Å². The Morgan fingerprint density at radius 3 is 2.62 bits per heavy atom. The molecule has 0 aromatic heterocycles. The van der Waals surface area contributed by atoms with E-state index < -0.39 is 0 Å². The fraction of sp³-hybridized carbons (Fsp3) is 0.462. The van der Waals surface area contributed by atoms with E-state index in [1.54, 1.807) is 6.07 Å². The molecule has 2 N–H and O–H groups in total. The van der Waals surface area contributed by atoms with Gasteiger partial charge in [0.15, 0.2) is 0 Å². The molecule has 0 spiro atoms. The van der Waals surface area contributed by atoms with Gasteiger partial charge in [0.2, 0.25) is 0 Å². The lowest BCUT2D eigenvalue weighted by Gasteiger charge is -2.20. The number of hydrogen-bond donors (Lipinski definition) is 2. The van der Waals surface area contributed by atoms with Gasteiger partial charge >= 0.3 is 0 Å². The average Bonchev–Trinajstić information content (AvgIpc) is 2.69. The van der Waals surface area contributed by atoms with E-state index >= 15 is 0 Å². The van der Waals surface area contributed by atoms with Gasteiger partial charge in [0, 0.05) is 6.54 Å². The summed E-state index contributed by atoms with van der Waals surface area (Å²) in [4.78, 5) is 4.34. The Balaban J connectivity index is 2.44. The van der Waals surface area contributed by atoms with Gasteiger partial charge in [-0.1, -0.05) is 26.8 Å². The van der Waals surface area contributed by atoms with Crippen molar-refractivity contribution in [3.63, 3.8) is 0 Å². The number of phenols is 1. The highest BCUT2D eigenvalue weighted by Gasteiger charge is 2.18. The van der Waals surface area contributed by atoms with E-state index in [2.05, 4.69) is 31.1 Å². The number of amidine groups is 1. The van der Waals surface area contributed by atoms with Crippen LogP contribution in [0.2, 0.25) is 0 Å². The molecule has 0 amide bonds. The smallest absolute Gasteiger partial charge is 0.132 e. The number of nitrogens with one attached hydrogen (secondary N) is 1. The molecule has 0 fully saturated rings. The molecule has 0 aliphatic carbocycles. The van der Waals surface area contributed by atoms with Crippen LogP contribution in [-0.4, -0.2) is 24.0 Å². The Bertz CT molecular complexity index is 430. The highest BCUT2D eigenvalue weighted by Crippen LogP contribution is 2.27. The topological polar surface area (TPSA) is 44.6 Å². The van der Waals surface area contributed by atoms with E-state index in [4.69, 9.17) is 0 Å². The number of benzene rings is 1. The zero-order chi connectivity index (χ0) is 11.8. The molecule has 1 heterocycles. The number of phenolic OH excluding ortho intramolecular Hbond substituents is 1. The van der Waals surface area contributed by atoms with Crippen LogP contribution in [0.1, 0.15) is 31.9 Å². The van der Waals surface area contributed by atoms with Crippen LogP contribution < -0.4 is 5.32 Å². The standard InChI is InChI=1S/C13H18N2O/c1-13(2,3)9-4-5-11(16)10(8-9)12-14-6-7-15-12/h4-5,8,16H,6-7H2,1-3H3,(H,14,15). The maximum atomic E-state index is 9.84. The predicted octanol–water partition coefficient (Wildman–Crippen LogP) is 2.04. The molecular formula is C13H18N2O. The summed E-state index contributed by atoms with van der Waals surface area (Å²) in [5.41, 5.74) is 2.10. The zero-order valence-corrected chi connectivity index (χ0v) is 10.0. The van der Waals surface area contributed by atoms with Gasteiger partial charge in [-0.3, -0.25) is 4.99 Å². The van der Waals surface area contributed by atoms with Gasteiger partial charge in [-0.15, -0.1) is 0 Å². The molecule has 3 nitrogen and oxygen atoms in total. The quantitative estimate of drug-likeness (QED) is 0.757. The van der Waals surface area contributed by atoms with Crippen LogP contribution in [0.5, 0.6) is 5.75 Å². The Kier molecular flexibility index (Phi) is 2.62. The third-order valence-electron chi connectivity index (χ3n) is 2.79. The molecule has 0 bridgehead atoms. The van der Waals surface area contributed by atoms with Crippen molar-refractivity contribution in [3.8, 4) is 5.75 Å². The Labute approximate surface area is 96.2 Å². The molecule has 86 valence electrons. The number of nitrogens with zero attached hydrogens (tertiary/aromatic N) is 1. The minimum Gasteiger partial charge on any atom is -0.507 e. The number of hydrogen-bond acceptors (Lipinski definition) is 3. The van der Waals surface area contributed by atoms with Gasteiger partial charge < -0.3 is 10.4 Å². The summed E-state index contributed by atoms with van der Waals surface area (Å²) >= 11 is 0. The van der Waals surface area contributed by atoms with Crippen molar-refractivity contribution in [2.45, 2.75) is 26.2 Å². The molecule has 1 aliphatic heterocycles. The minimum atomic E-state index is 0.0849. The SMILES string of the molecule is CC(C)(C)c1ccc(O)c(C2=NCCN2)c1. The molecule has 0 unspecified atom stereocenters. The van der Waals surface area contributed by atoms with Gasteiger partial charge in [-0.25, -0.2) is 0 Å². The third-order valence-corrected chi connectivity index (χ3v) is 2.79. The number of aliphatic imine (C=N–C) groups is 1. The molecule has 16 heavy (non-hydrogen) atoms. The van der Waals surface area contributed by atoms with Crippen LogP contribution in [0.4, 0.5) is 0 Å². The van der Waals surface area contributed by atoms with Crippen LogP contribution in [0.3, 0.4) is 0 Å². The fourth-order valence-corrected chi connectivity index (χ4v) is 1.77. The van der Waals surface area contributed by atoms with E-state index in [1.165, 1.54) is 5.56 Å². The summed E-state index contributed by atoms with van der Waals surface area (Å²) in [5.74, 6) is 1.10. The van der Waals surface area contributed by atoms with Crippen LogP contribution in [-0.2, 0) is 5.41 Å². The normalized spacial score (nSPS) is 15.8. The summed E-state index contributed by atoms with van der Waals surface area (Å²) in [6.45, 7) is 8.12. The Morgan fingerprint density at radius 2 is 2.06 bits per heavy atom. The maximum absolute atomic E-state index is 9.84. The van der Waals surface area contributed by atoms with Gasteiger partial charge in [-0.2, -0.15) is 0 Å². The lowest BCUT2D eigenvalue weighted by Crippen LogP contribution is -2.20. The van der Waals surface area contributed by atoms with E-state index in [1.807, 2.05) is 12.1 Å². The molecule has 0 saturated heterocycles. The number of aromatic hydroxyl groups is 1. The van der Waals surface area contributed by atoms with Crippen molar-refractivity contribution in [2.24, 2.45) is 4.99 Å². The second-order valence-corrected chi connectivity index (χ2v) is 5.14. The van der Waals surface area contributed by atoms with Gasteiger partial charge in [-0.05, 0) is 23.1 Å². The highest BCUT2D eigenvalue weighted by atomic mass is 16.3. The molecular weight excluding hydrogens is 200 g/mol. The van der Waals surface area contributed by atoms with Crippen LogP contribution in [0.15, 0.2) is 23.2 Å². The largest absolute Gasteiger partial charge is 0.507 e. The first-order valence-electron chi connectivity index (χ1n) is 5.61. The van der Waals surface area contributed by atoms with Gasteiger partial charge in [0.1, 0.15) is 11.6 Å². The number of rotatable bonds is 1. The lowest BCUT2D eigenvalue weighted by atomic mass is 9.86. The Hall–Kier alpha value is -1.51. The van der Waals surface area contributed by atoms with Crippen molar-refractivity contribution in [2.75, 3.05) is 13.1 Å². The predicted molar refractivity (Wildman–Crippen MR) is 66.2 cm³/mol. The summed E-state index contributed by atoms with van der Waals surface area (Å²) < 4.78 is 0. The molecule has 0 radical (unpaired) electrons. The van der Waals surface area contributed by atoms with Crippen LogP contribution >= 0.6 is 0 Å². The monoisotopic (exact) mass is 218 g/mol. The van der Waals surface area contributed by atoms with Crippen molar-refractivity contribution in [1.29, 1.82) is 0 Å². The van der Waals surface area contributed by atoms with E-state index in [0.29, 0.717) is 5.75 Å². The van der Waals surface area contributed by atoms with Crippen molar-refractivity contribution in [3.05, 3.63) is 29.3 Å². The maximum Gasteiger partial charge on any atom is 0.132 e. The lowest BCUT2D eigenvalue weighted by molar-refractivity contribution is 0.472. The van der Waals surface area contributed by atoms with E-state index in [-0.39, 0.29) is 5.41 Å². The second-order valence-electron chi connectivity index (χ2n) is 5.14. The molecule has 2 rings (SSSR count). The zero-order valence-electron chi connectivity index (χ0n) is 10.0. The second kappa shape index (κ2) is 3.81. The van der Waals surface area contributed by atoms with Gasteiger partial charge in [0.05, 0.1) is 12.1 Å². The van der Waals surface area contributed by atoms with Crippen molar-refractivity contribution >= 4 is 5.84 Å². The summed E-state index contributed by atoms with van der Waals surface area (Å²) in [5, 5.41) is 13.0. The summed E-state index contributed by atoms with van der Waals surface area (Å²) in [7, 11) is 0. The molecule has 1 aromatic carbocycles. The van der Waals surface area contributed by atoms with Gasteiger partial charge in [0.25, 0.3) is 0 Å². The highest BCUT2D eigenvalue weighted by molar-refractivity contribution is 6.02. The van der Waals surface area contributed by atoms with Crippen LogP contribution in [0.25, 0.3) is 0 Å².